The van der Waals surface area contributed by atoms with E-state index < -0.39 is 0 Å². The molecule has 0 spiro atoms. The van der Waals surface area contributed by atoms with Crippen LogP contribution in [-0.4, -0.2) is 17.6 Å². The first-order valence-corrected chi connectivity index (χ1v) is 8.23. The van der Waals surface area contributed by atoms with E-state index in [0.29, 0.717) is 10.7 Å². The van der Waals surface area contributed by atoms with E-state index in [4.69, 9.17) is 16.3 Å². The fraction of sp³-hybridized carbons (Fsp3) is 0.150. The number of methoxy groups -OCH3 is 1. The Labute approximate surface area is 145 Å². The summed E-state index contributed by atoms with van der Waals surface area (Å²) in [6.45, 7) is 0.761. The number of carbonyl (C=O) groups excluding carboxylic acids is 1. The van der Waals surface area contributed by atoms with Gasteiger partial charge in [-0.15, -0.1) is 0 Å². The first kappa shape index (κ1) is 15.0. The zero-order valence-electron chi connectivity index (χ0n) is 13.3. The summed E-state index contributed by atoms with van der Waals surface area (Å²) >= 11 is 6.15. The molecule has 24 heavy (non-hydrogen) atoms. The predicted molar refractivity (Wildman–Crippen MR) is 95.4 cm³/mol. The third-order valence-corrected chi connectivity index (χ3v) is 4.74. The fourth-order valence-electron chi connectivity index (χ4n) is 3.42. The molecule has 0 saturated heterocycles. The van der Waals surface area contributed by atoms with Crippen LogP contribution in [0.1, 0.15) is 16.1 Å². The van der Waals surface area contributed by atoms with Gasteiger partial charge in [0.2, 0.25) is 0 Å². The van der Waals surface area contributed by atoms with Crippen LogP contribution >= 0.6 is 11.6 Å². The van der Waals surface area contributed by atoms with Crippen LogP contribution < -0.4 is 0 Å². The molecular weight excluding hydrogens is 322 g/mol. The van der Waals surface area contributed by atoms with Crippen molar-refractivity contribution in [2.24, 2.45) is 0 Å². The summed E-state index contributed by atoms with van der Waals surface area (Å²) in [4.78, 5) is 12.5. The summed E-state index contributed by atoms with van der Waals surface area (Å²) in [7, 11) is 1.42. The van der Waals surface area contributed by atoms with E-state index in [1.165, 1.54) is 18.2 Å². The molecule has 120 valence electrons. The molecule has 4 rings (SSSR count). The molecule has 4 heteroatoms. The topological polar surface area (TPSA) is 31.2 Å². The maximum Gasteiger partial charge on any atom is 0.355 e. The molecule has 0 aliphatic carbocycles. The average molecular weight is 338 g/mol. The monoisotopic (exact) mass is 337 g/mol. The number of nitrogens with zero attached hydrogens (tertiary/aromatic N) is 1. The molecule has 0 amide bonds. The van der Waals surface area contributed by atoms with Gasteiger partial charge in [0, 0.05) is 28.4 Å². The first-order chi connectivity index (χ1) is 11.7. The van der Waals surface area contributed by atoms with E-state index >= 15 is 0 Å². The van der Waals surface area contributed by atoms with Gasteiger partial charge in [-0.25, -0.2) is 4.79 Å². The minimum absolute atomic E-state index is 0.324. The summed E-state index contributed by atoms with van der Waals surface area (Å²) < 4.78 is 7.11. The van der Waals surface area contributed by atoms with Crippen molar-refractivity contribution in [3.05, 3.63) is 70.9 Å². The second-order valence-electron chi connectivity index (χ2n) is 5.85. The molecule has 0 atom stereocenters. The van der Waals surface area contributed by atoms with Crippen molar-refractivity contribution < 1.29 is 9.53 Å². The van der Waals surface area contributed by atoms with Crippen molar-refractivity contribution in [3.63, 3.8) is 0 Å². The standard InChI is InChI=1S/C20H16ClNO2/c1-24-20(23)19-17(14-6-4-7-15(21)11-14)12-18-16-8-3-2-5-13(16)9-10-22(18)19/h2-8,11-12H,9-10H2,1H3. The number of rotatable bonds is 2. The van der Waals surface area contributed by atoms with E-state index in [9.17, 15) is 4.79 Å². The van der Waals surface area contributed by atoms with Crippen molar-refractivity contribution >= 4 is 17.6 Å². The first-order valence-electron chi connectivity index (χ1n) is 7.85. The van der Waals surface area contributed by atoms with Gasteiger partial charge in [-0.05, 0) is 35.7 Å². The van der Waals surface area contributed by atoms with Crippen LogP contribution in [-0.2, 0) is 17.7 Å². The number of fused-ring (bicyclic) bond motifs is 3. The number of carbonyl (C=O) groups is 1. The Bertz CT molecular complexity index is 943. The Kier molecular flexibility index (Phi) is 3.66. The smallest absolute Gasteiger partial charge is 0.355 e. The van der Waals surface area contributed by atoms with E-state index in [1.807, 2.05) is 30.3 Å². The molecule has 0 unspecified atom stereocenters. The lowest BCUT2D eigenvalue weighted by Gasteiger charge is -2.20. The Morgan fingerprint density at radius 2 is 1.92 bits per heavy atom. The highest BCUT2D eigenvalue weighted by atomic mass is 35.5. The SMILES string of the molecule is COC(=O)c1c(-c2cccc(Cl)c2)cc2n1CCc1ccccc1-2. The van der Waals surface area contributed by atoms with Crippen LogP contribution in [0.25, 0.3) is 22.4 Å². The van der Waals surface area contributed by atoms with Crippen molar-refractivity contribution in [1.82, 2.24) is 4.57 Å². The average Bonchev–Trinajstić information content (AvgIpc) is 3.01. The molecular formula is C20H16ClNO2. The van der Waals surface area contributed by atoms with Crippen molar-refractivity contribution in [3.8, 4) is 22.4 Å². The van der Waals surface area contributed by atoms with Gasteiger partial charge in [-0.2, -0.15) is 0 Å². The van der Waals surface area contributed by atoms with Gasteiger partial charge >= 0.3 is 5.97 Å². The fourth-order valence-corrected chi connectivity index (χ4v) is 3.61. The van der Waals surface area contributed by atoms with Gasteiger partial charge in [0.1, 0.15) is 5.69 Å². The second-order valence-corrected chi connectivity index (χ2v) is 6.29. The van der Waals surface area contributed by atoms with Crippen LogP contribution in [0.5, 0.6) is 0 Å². The summed E-state index contributed by atoms with van der Waals surface area (Å²) in [6.07, 6.45) is 0.900. The van der Waals surface area contributed by atoms with Crippen molar-refractivity contribution in [2.75, 3.05) is 7.11 Å². The minimum atomic E-state index is -0.324. The quantitative estimate of drug-likeness (QED) is 0.628. The van der Waals surface area contributed by atoms with Crippen LogP contribution in [0.3, 0.4) is 0 Å². The lowest BCUT2D eigenvalue weighted by molar-refractivity contribution is 0.0589. The zero-order valence-corrected chi connectivity index (χ0v) is 14.0. The third kappa shape index (κ3) is 2.33. The van der Waals surface area contributed by atoms with Crippen LogP contribution in [0.4, 0.5) is 0 Å². The largest absolute Gasteiger partial charge is 0.464 e. The minimum Gasteiger partial charge on any atom is -0.464 e. The maximum atomic E-state index is 12.5. The van der Waals surface area contributed by atoms with Gasteiger partial charge in [-0.1, -0.05) is 48.0 Å². The number of halogens is 1. The summed E-state index contributed by atoms with van der Waals surface area (Å²) in [5.74, 6) is -0.324. The van der Waals surface area contributed by atoms with Gasteiger partial charge in [0.05, 0.1) is 7.11 Å². The molecule has 3 nitrogen and oxygen atoms in total. The Balaban J connectivity index is 1.99. The Morgan fingerprint density at radius 3 is 2.71 bits per heavy atom. The zero-order chi connectivity index (χ0) is 16.7. The van der Waals surface area contributed by atoms with Crippen LogP contribution in [0.15, 0.2) is 54.6 Å². The van der Waals surface area contributed by atoms with Gasteiger partial charge < -0.3 is 9.30 Å². The number of hydrogen-bond donors (Lipinski definition) is 0. The predicted octanol–water partition coefficient (Wildman–Crippen LogP) is 4.82. The van der Waals surface area contributed by atoms with Gasteiger partial charge in [0.25, 0.3) is 0 Å². The maximum absolute atomic E-state index is 12.5. The number of aromatic nitrogens is 1. The molecule has 1 aliphatic heterocycles. The second kappa shape index (κ2) is 5.84. The number of hydrogen-bond acceptors (Lipinski definition) is 2. The highest BCUT2D eigenvalue weighted by molar-refractivity contribution is 6.30. The summed E-state index contributed by atoms with van der Waals surface area (Å²) in [5, 5.41) is 0.646. The Morgan fingerprint density at radius 1 is 1.08 bits per heavy atom. The van der Waals surface area contributed by atoms with E-state index in [1.54, 1.807) is 0 Å². The Hall–Kier alpha value is -2.52. The molecule has 3 aromatic rings. The van der Waals surface area contributed by atoms with Crippen molar-refractivity contribution in [2.45, 2.75) is 13.0 Å². The molecule has 1 aromatic heterocycles. The summed E-state index contributed by atoms with van der Waals surface area (Å²) in [6, 6.07) is 17.9. The normalized spacial score (nSPS) is 12.4. The molecule has 2 heterocycles. The lowest BCUT2D eigenvalue weighted by atomic mass is 9.98. The molecule has 2 aromatic carbocycles. The highest BCUT2D eigenvalue weighted by Gasteiger charge is 2.26. The summed E-state index contributed by atoms with van der Waals surface area (Å²) in [5.41, 5.74) is 5.88. The highest BCUT2D eigenvalue weighted by Crippen LogP contribution is 2.38. The number of aryl methyl sites for hydroxylation is 1. The molecule has 0 fully saturated rings. The third-order valence-electron chi connectivity index (χ3n) is 4.51. The van der Waals surface area contributed by atoms with E-state index in [-0.39, 0.29) is 5.97 Å². The van der Waals surface area contributed by atoms with Gasteiger partial charge in [0.15, 0.2) is 0 Å². The van der Waals surface area contributed by atoms with E-state index in [2.05, 4.69) is 28.8 Å². The van der Waals surface area contributed by atoms with E-state index in [0.717, 1.165) is 29.8 Å². The molecule has 0 saturated carbocycles. The number of esters is 1. The lowest BCUT2D eigenvalue weighted by Crippen LogP contribution is -2.17. The van der Waals surface area contributed by atoms with Gasteiger partial charge in [-0.3, -0.25) is 0 Å². The van der Waals surface area contributed by atoms with Crippen molar-refractivity contribution in [1.29, 1.82) is 0 Å². The number of benzene rings is 2. The molecule has 0 radical (unpaired) electrons. The number of ether oxygens (including phenoxy) is 1. The van der Waals surface area contributed by atoms with Crippen LogP contribution in [0.2, 0.25) is 5.02 Å². The molecule has 0 bridgehead atoms. The molecule has 1 aliphatic rings. The van der Waals surface area contributed by atoms with Crippen LogP contribution in [0, 0.1) is 0 Å². The molecule has 0 N–H and O–H groups in total.